The van der Waals surface area contributed by atoms with Gasteiger partial charge in [0.1, 0.15) is 0 Å². The number of carbonyl (C=O) groups excluding carboxylic acids is 4. The molecule has 1 saturated heterocycles. The van der Waals surface area contributed by atoms with E-state index in [9.17, 15) is 19.2 Å². The Morgan fingerprint density at radius 3 is 1.84 bits per heavy atom. The normalized spacial score (nSPS) is 15.9. The van der Waals surface area contributed by atoms with E-state index in [4.69, 9.17) is 12.2 Å². The van der Waals surface area contributed by atoms with Crippen molar-refractivity contribution in [3.63, 3.8) is 0 Å². The van der Waals surface area contributed by atoms with Crippen molar-refractivity contribution in [2.24, 2.45) is 0 Å². The van der Waals surface area contributed by atoms with Gasteiger partial charge in [-0.05, 0) is 43.6 Å². The summed E-state index contributed by atoms with van der Waals surface area (Å²) in [5, 5.41) is 2.20. The van der Waals surface area contributed by atoms with Crippen molar-refractivity contribution in [2.45, 2.75) is 13.8 Å². The van der Waals surface area contributed by atoms with Gasteiger partial charge in [0.2, 0.25) is 0 Å². The minimum absolute atomic E-state index is 0.0118. The fraction of sp³-hybridized carbons (Fsp3) is 0.174. The summed E-state index contributed by atoms with van der Waals surface area (Å²) in [4.78, 5) is 50.8. The molecule has 1 aliphatic heterocycles. The molecule has 2 amide bonds. The zero-order chi connectivity index (χ0) is 22.7. The summed E-state index contributed by atoms with van der Waals surface area (Å²) in [6.07, 6.45) is 1.68. The van der Waals surface area contributed by atoms with Crippen LogP contribution in [0.1, 0.15) is 39.4 Å². The lowest BCUT2D eigenvalue weighted by molar-refractivity contribution is -0.133. The molecule has 1 fully saturated rings. The Labute approximate surface area is 189 Å². The van der Waals surface area contributed by atoms with Crippen molar-refractivity contribution in [1.82, 2.24) is 9.80 Å². The minimum Gasteiger partial charge on any atom is -0.288 e. The summed E-state index contributed by atoms with van der Waals surface area (Å²) in [5.41, 5.74) is 1.29. The fourth-order valence-electron chi connectivity index (χ4n) is 3.21. The van der Waals surface area contributed by atoms with E-state index in [0.717, 1.165) is 4.88 Å². The smallest absolute Gasteiger partial charge is 0.265 e. The van der Waals surface area contributed by atoms with Crippen LogP contribution in [0.5, 0.6) is 0 Å². The molecule has 2 aromatic rings. The highest BCUT2D eigenvalue weighted by Crippen LogP contribution is 2.28. The molecule has 6 nitrogen and oxygen atoms in total. The lowest BCUT2D eigenvalue weighted by Crippen LogP contribution is -2.55. The second-order valence-electron chi connectivity index (χ2n) is 6.64. The van der Waals surface area contributed by atoms with Crippen LogP contribution in [0.3, 0.4) is 0 Å². The van der Waals surface area contributed by atoms with Gasteiger partial charge in [0.15, 0.2) is 16.7 Å². The van der Waals surface area contributed by atoms with Gasteiger partial charge >= 0.3 is 0 Å². The van der Waals surface area contributed by atoms with Crippen LogP contribution < -0.4 is 0 Å². The van der Waals surface area contributed by atoms with Crippen molar-refractivity contribution in [1.29, 1.82) is 0 Å². The number of hydrogen-bond acceptors (Lipinski definition) is 6. The second-order valence-corrected chi connectivity index (χ2v) is 7.98. The Morgan fingerprint density at radius 1 is 0.903 bits per heavy atom. The van der Waals surface area contributed by atoms with Gasteiger partial charge in [-0.2, -0.15) is 0 Å². The number of nitrogens with zero attached hydrogens (tertiary/aromatic N) is 2. The fourth-order valence-corrected chi connectivity index (χ4v) is 4.29. The average molecular weight is 453 g/mol. The van der Waals surface area contributed by atoms with Gasteiger partial charge in [0.05, 0.1) is 11.1 Å². The molecule has 0 unspecified atom stereocenters. The number of hydrogen-bond donors (Lipinski definition) is 0. The Morgan fingerprint density at radius 2 is 1.42 bits per heavy atom. The van der Waals surface area contributed by atoms with Gasteiger partial charge in [-0.15, -0.1) is 11.3 Å². The van der Waals surface area contributed by atoms with Crippen LogP contribution in [0.2, 0.25) is 0 Å². The summed E-state index contributed by atoms with van der Waals surface area (Å²) in [6, 6.07) is 10.7. The molecule has 2 aliphatic rings. The van der Waals surface area contributed by atoms with E-state index in [2.05, 4.69) is 6.58 Å². The number of likely N-dealkylation sites (N-methyl/N-ethyl adjacent to an activating group) is 2. The molecule has 4 rings (SSSR count). The van der Waals surface area contributed by atoms with E-state index in [1.54, 1.807) is 44.2 Å². The molecule has 1 aliphatic carbocycles. The monoisotopic (exact) mass is 452 g/mol. The zero-order valence-corrected chi connectivity index (χ0v) is 18.7. The van der Waals surface area contributed by atoms with Gasteiger partial charge in [-0.3, -0.25) is 29.0 Å². The number of allylic oxidation sites excluding steroid dienone is 1. The number of amides is 2. The first-order chi connectivity index (χ1) is 14.8. The predicted octanol–water partition coefficient (Wildman–Crippen LogP) is 3.75. The predicted molar refractivity (Wildman–Crippen MR) is 124 cm³/mol. The maximum atomic E-state index is 12.0. The summed E-state index contributed by atoms with van der Waals surface area (Å²) >= 11 is 6.53. The van der Waals surface area contributed by atoms with E-state index in [1.807, 2.05) is 17.5 Å². The minimum atomic E-state index is -0.382. The molecular formula is C23H20N2O4S2. The largest absolute Gasteiger partial charge is 0.288 e. The first-order valence-electron chi connectivity index (χ1n) is 9.62. The Balaban J connectivity index is 0.000000180. The molecule has 158 valence electrons. The van der Waals surface area contributed by atoms with Gasteiger partial charge < -0.3 is 0 Å². The van der Waals surface area contributed by atoms with Crippen molar-refractivity contribution in [3.8, 4) is 0 Å². The molecule has 1 aromatic heterocycles. The van der Waals surface area contributed by atoms with E-state index in [0.29, 0.717) is 24.2 Å². The van der Waals surface area contributed by atoms with Crippen LogP contribution in [-0.2, 0) is 9.59 Å². The third-order valence-electron chi connectivity index (χ3n) is 4.84. The maximum Gasteiger partial charge on any atom is 0.265 e. The average Bonchev–Trinajstić information content (AvgIpc) is 3.37. The molecule has 2 heterocycles. The summed E-state index contributed by atoms with van der Waals surface area (Å²) in [5.74, 6) is -1.10. The van der Waals surface area contributed by atoms with Crippen LogP contribution in [0.4, 0.5) is 0 Å². The van der Waals surface area contributed by atoms with E-state index in [-0.39, 0.29) is 39.6 Å². The highest BCUT2D eigenvalue weighted by molar-refractivity contribution is 7.80. The van der Waals surface area contributed by atoms with Gasteiger partial charge in [0, 0.05) is 29.1 Å². The first-order valence-corrected chi connectivity index (χ1v) is 10.9. The quantitative estimate of drug-likeness (QED) is 0.403. The number of thiophene rings is 1. The molecule has 8 heteroatoms. The number of ketones is 2. The van der Waals surface area contributed by atoms with E-state index >= 15 is 0 Å². The molecule has 0 spiro atoms. The molecule has 0 bridgehead atoms. The lowest BCUT2D eigenvalue weighted by atomic mass is 10.1. The van der Waals surface area contributed by atoms with Gasteiger partial charge in [0.25, 0.3) is 11.8 Å². The number of benzene rings is 1. The van der Waals surface area contributed by atoms with Crippen molar-refractivity contribution < 1.29 is 19.2 Å². The van der Waals surface area contributed by atoms with Crippen LogP contribution in [-0.4, -0.2) is 51.4 Å². The highest BCUT2D eigenvalue weighted by atomic mass is 32.1. The van der Waals surface area contributed by atoms with Crippen LogP contribution in [0, 0.1) is 0 Å². The maximum absolute atomic E-state index is 12.0. The summed E-state index contributed by atoms with van der Waals surface area (Å²) < 4.78 is 0. The molecule has 0 saturated carbocycles. The van der Waals surface area contributed by atoms with Crippen LogP contribution in [0.25, 0.3) is 6.08 Å². The topological polar surface area (TPSA) is 74.8 Å². The van der Waals surface area contributed by atoms with Crippen molar-refractivity contribution >= 4 is 58.1 Å². The summed E-state index contributed by atoms with van der Waals surface area (Å²) in [6.45, 7) is 8.00. The molecule has 1 aromatic carbocycles. The van der Waals surface area contributed by atoms with Crippen molar-refractivity contribution in [2.75, 3.05) is 13.1 Å². The standard InChI is InChI=1S/C14H8O2S.C9H12N2O2S/c15-13-10-5-1-2-6-11(10)14(16)12(13)8-9-4-3-7-17-9;1-4-10-7(12)6(3)8(13)11(5-2)9(10)14/h1-8H;3-5H2,1-2H3. The van der Waals surface area contributed by atoms with E-state index < -0.39 is 0 Å². The Kier molecular flexibility index (Phi) is 6.72. The molecule has 31 heavy (non-hydrogen) atoms. The van der Waals surface area contributed by atoms with Crippen LogP contribution in [0.15, 0.2) is 59.5 Å². The van der Waals surface area contributed by atoms with E-state index in [1.165, 1.54) is 21.1 Å². The third-order valence-corrected chi connectivity index (χ3v) is 6.10. The third kappa shape index (κ3) is 4.17. The summed E-state index contributed by atoms with van der Waals surface area (Å²) in [7, 11) is 0. The SMILES string of the molecule is C=C1C(=O)N(CC)C(=S)N(CC)C1=O.O=C1C(=Cc2cccs2)C(=O)c2ccccc21. The molecule has 0 N–H and O–H groups in total. The first kappa shape index (κ1) is 22.5. The van der Waals surface area contributed by atoms with Crippen molar-refractivity contribution in [3.05, 3.63) is 75.5 Å². The Hall–Kier alpha value is -3.23. The van der Waals surface area contributed by atoms with Crippen LogP contribution >= 0.6 is 23.6 Å². The second kappa shape index (κ2) is 9.28. The zero-order valence-electron chi connectivity index (χ0n) is 17.1. The molecule has 0 atom stereocenters. The number of rotatable bonds is 3. The number of thiocarbonyl (C=S) groups is 1. The van der Waals surface area contributed by atoms with Gasteiger partial charge in [-0.1, -0.05) is 36.9 Å². The van der Waals surface area contributed by atoms with Gasteiger partial charge in [-0.25, -0.2) is 0 Å². The molecular weight excluding hydrogens is 432 g/mol. The lowest BCUT2D eigenvalue weighted by Gasteiger charge is -2.34. The highest BCUT2D eigenvalue weighted by Gasteiger charge is 2.36. The molecule has 0 radical (unpaired) electrons. The number of Topliss-reactive ketones (excluding diaryl/α,β-unsaturated/α-hetero) is 2. The number of carbonyl (C=O) groups is 4. The Bertz CT molecular complexity index is 1070. The number of fused-ring (bicyclic) bond motifs is 1.